The SMILES string of the molecule is CC1Cn2ccnc2CO1. The maximum atomic E-state index is 5.38. The molecule has 1 atom stereocenters. The molecular formula is C7H10N2O. The molecule has 0 saturated heterocycles. The first-order chi connectivity index (χ1) is 4.86. The molecule has 0 aromatic carbocycles. The molecule has 1 aromatic rings. The third kappa shape index (κ3) is 0.827. The first-order valence-corrected chi connectivity index (χ1v) is 3.48. The standard InChI is InChI=1S/C7H10N2O/c1-6-4-9-3-2-8-7(9)5-10-6/h2-3,6H,4-5H2,1H3. The van der Waals surface area contributed by atoms with Gasteiger partial charge in [0.2, 0.25) is 0 Å². The molecule has 0 bridgehead atoms. The van der Waals surface area contributed by atoms with Gasteiger partial charge in [-0.05, 0) is 6.92 Å². The normalized spacial score (nSPS) is 24.3. The second kappa shape index (κ2) is 2.09. The summed E-state index contributed by atoms with van der Waals surface area (Å²) in [5, 5.41) is 0. The number of fused-ring (bicyclic) bond motifs is 1. The zero-order chi connectivity index (χ0) is 6.97. The fourth-order valence-electron chi connectivity index (χ4n) is 1.19. The fraction of sp³-hybridized carbons (Fsp3) is 0.571. The predicted octanol–water partition coefficient (Wildman–Crippen LogP) is 0.802. The van der Waals surface area contributed by atoms with Crippen molar-refractivity contribution in [3.8, 4) is 0 Å². The van der Waals surface area contributed by atoms with E-state index in [-0.39, 0.29) is 0 Å². The molecule has 3 heteroatoms. The van der Waals surface area contributed by atoms with Crippen LogP contribution in [0.5, 0.6) is 0 Å². The maximum Gasteiger partial charge on any atom is 0.134 e. The van der Waals surface area contributed by atoms with E-state index in [1.165, 1.54) is 0 Å². The lowest BCUT2D eigenvalue weighted by Crippen LogP contribution is -2.24. The second-order valence-corrected chi connectivity index (χ2v) is 2.62. The maximum absolute atomic E-state index is 5.38. The molecule has 0 aliphatic carbocycles. The van der Waals surface area contributed by atoms with Gasteiger partial charge in [-0.2, -0.15) is 0 Å². The summed E-state index contributed by atoms with van der Waals surface area (Å²) >= 11 is 0. The molecule has 0 spiro atoms. The van der Waals surface area contributed by atoms with Crippen LogP contribution < -0.4 is 0 Å². The molecule has 2 heterocycles. The van der Waals surface area contributed by atoms with E-state index in [1.54, 1.807) is 0 Å². The lowest BCUT2D eigenvalue weighted by Gasteiger charge is -2.20. The van der Waals surface area contributed by atoms with Crippen molar-refractivity contribution in [1.29, 1.82) is 0 Å². The summed E-state index contributed by atoms with van der Waals surface area (Å²) in [5.74, 6) is 1.04. The molecule has 3 nitrogen and oxygen atoms in total. The zero-order valence-electron chi connectivity index (χ0n) is 5.95. The first kappa shape index (κ1) is 5.92. The number of ether oxygens (including phenoxy) is 1. The second-order valence-electron chi connectivity index (χ2n) is 2.62. The van der Waals surface area contributed by atoms with E-state index in [1.807, 2.05) is 12.4 Å². The Balaban J connectivity index is 2.30. The van der Waals surface area contributed by atoms with Crippen LogP contribution in [0.15, 0.2) is 12.4 Å². The van der Waals surface area contributed by atoms with Gasteiger partial charge in [0.1, 0.15) is 12.4 Å². The van der Waals surface area contributed by atoms with E-state index >= 15 is 0 Å². The van der Waals surface area contributed by atoms with E-state index in [0.29, 0.717) is 12.7 Å². The Bertz CT molecular complexity index is 231. The van der Waals surface area contributed by atoms with Gasteiger partial charge in [0, 0.05) is 18.9 Å². The zero-order valence-corrected chi connectivity index (χ0v) is 5.95. The molecule has 1 aliphatic heterocycles. The van der Waals surface area contributed by atoms with Gasteiger partial charge in [0.25, 0.3) is 0 Å². The van der Waals surface area contributed by atoms with Crippen LogP contribution in [0.2, 0.25) is 0 Å². The molecule has 54 valence electrons. The average molecular weight is 138 g/mol. The minimum atomic E-state index is 0.335. The highest BCUT2D eigenvalue weighted by atomic mass is 16.5. The Morgan fingerprint density at radius 3 is 3.60 bits per heavy atom. The highest BCUT2D eigenvalue weighted by Gasteiger charge is 2.13. The Morgan fingerprint density at radius 2 is 2.70 bits per heavy atom. The minimum Gasteiger partial charge on any atom is -0.369 e. The van der Waals surface area contributed by atoms with Crippen molar-refractivity contribution < 1.29 is 4.74 Å². The average Bonchev–Trinajstić information content (AvgIpc) is 2.33. The molecular weight excluding hydrogens is 128 g/mol. The largest absolute Gasteiger partial charge is 0.369 e. The van der Waals surface area contributed by atoms with E-state index < -0.39 is 0 Å². The van der Waals surface area contributed by atoms with Crippen molar-refractivity contribution in [3.05, 3.63) is 18.2 Å². The lowest BCUT2D eigenvalue weighted by atomic mass is 10.3. The molecule has 0 saturated carbocycles. The van der Waals surface area contributed by atoms with Gasteiger partial charge in [0.05, 0.1) is 6.10 Å². The van der Waals surface area contributed by atoms with Crippen LogP contribution >= 0.6 is 0 Å². The molecule has 0 N–H and O–H groups in total. The van der Waals surface area contributed by atoms with E-state index in [0.717, 1.165) is 12.4 Å². The van der Waals surface area contributed by atoms with E-state index in [4.69, 9.17) is 4.74 Å². The van der Waals surface area contributed by atoms with Gasteiger partial charge in [-0.15, -0.1) is 0 Å². The summed E-state index contributed by atoms with van der Waals surface area (Å²) in [6.45, 7) is 3.67. The molecule has 0 radical (unpaired) electrons. The van der Waals surface area contributed by atoms with Crippen LogP contribution in [0.4, 0.5) is 0 Å². The quantitative estimate of drug-likeness (QED) is 0.530. The Morgan fingerprint density at radius 1 is 1.80 bits per heavy atom. The van der Waals surface area contributed by atoms with Crippen LogP contribution in [0.1, 0.15) is 12.7 Å². The van der Waals surface area contributed by atoms with Crippen molar-refractivity contribution in [2.24, 2.45) is 0 Å². The van der Waals surface area contributed by atoms with Gasteiger partial charge in [-0.1, -0.05) is 0 Å². The van der Waals surface area contributed by atoms with Crippen molar-refractivity contribution in [3.63, 3.8) is 0 Å². The van der Waals surface area contributed by atoms with E-state index in [2.05, 4.69) is 16.5 Å². The van der Waals surface area contributed by atoms with Crippen molar-refractivity contribution >= 4 is 0 Å². The highest BCUT2D eigenvalue weighted by Crippen LogP contribution is 2.10. The molecule has 1 aliphatic rings. The molecule has 1 aromatic heterocycles. The van der Waals surface area contributed by atoms with Crippen LogP contribution in [-0.4, -0.2) is 15.7 Å². The van der Waals surface area contributed by atoms with E-state index in [9.17, 15) is 0 Å². The van der Waals surface area contributed by atoms with Gasteiger partial charge in [0.15, 0.2) is 0 Å². The van der Waals surface area contributed by atoms with Crippen LogP contribution in [-0.2, 0) is 17.9 Å². The fourth-order valence-corrected chi connectivity index (χ4v) is 1.19. The summed E-state index contributed by atoms with van der Waals surface area (Å²) in [4.78, 5) is 4.13. The molecule has 1 unspecified atom stereocenters. The van der Waals surface area contributed by atoms with Crippen LogP contribution in [0.3, 0.4) is 0 Å². The molecule has 10 heavy (non-hydrogen) atoms. The third-order valence-corrected chi connectivity index (χ3v) is 1.75. The van der Waals surface area contributed by atoms with Crippen LogP contribution in [0.25, 0.3) is 0 Å². The van der Waals surface area contributed by atoms with Crippen molar-refractivity contribution in [2.75, 3.05) is 0 Å². The number of imidazole rings is 1. The third-order valence-electron chi connectivity index (χ3n) is 1.75. The smallest absolute Gasteiger partial charge is 0.134 e. The first-order valence-electron chi connectivity index (χ1n) is 3.48. The minimum absolute atomic E-state index is 0.335. The lowest BCUT2D eigenvalue weighted by molar-refractivity contribution is 0.0140. The number of hydrogen-bond acceptors (Lipinski definition) is 2. The summed E-state index contributed by atoms with van der Waals surface area (Å²) in [5.41, 5.74) is 0. The number of aromatic nitrogens is 2. The van der Waals surface area contributed by atoms with Crippen molar-refractivity contribution in [1.82, 2.24) is 9.55 Å². The monoisotopic (exact) mass is 138 g/mol. The summed E-state index contributed by atoms with van der Waals surface area (Å²) < 4.78 is 7.51. The molecule has 2 rings (SSSR count). The van der Waals surface area contributed by atoms with Gasteiger partial charge in [-0.25, -0.2) is 4.98 Å². The van der Waals surface area contributed by atoms with Gasteiger partial charge < -0.3 is 9.30 Å². The Hall–Kier alpha value is -0.830. The van der Waals surface area contributed by atoms with Gasteiger partial charge in [-0.3, -0.25) is 0 Å². The topological polar surface area (TPSA) is 27.1 Å². The van der Waals surface area contributed by atoms with Gasteiger partial charge >= 0.3 is 0 Å². The predicted molar refractivity (Wildman–Crippen MR) is 36.5 cm³/mol. The Kier molecular flexibility index (Phi) is 1.24. The Labute approximate surface area is 59.6 Å². The number of nitrogens with zero attached hydrogens (tertiary/aromatic N) is 2. The molecule has 0 amide bonds. The van der Waals surface area contributed by atoms with Crippen molar-refractivity contribution in [2.45, 2.75) is 26.2 Å². The molecule has 0 fully saturated rings. The number of rotatable bonds is 0. The summed E-state index contributed by atoms with van der Waals surface area (Å²) in [6.07, 6.45) is 4.15. The summed E-state index contributed by atoms with van der Waals surface area (Å²) in [6, 6.07) is 0. The number of hydrogen-bond donors (Lipinski definition) is 0. The van der Waals surface area contributed by atoms with Crippen LogP contribution in [0, 0.1) is 0 Å². The highest BCUT2D eigenvalue weighted by molar-refractivity contribution is 4.93. The summed E-state index contributed by atoms with van der Waals surface area (Å²) in [7, 11) is 0.